The van der Waals surface area contributed by atoms with Gasteiger partial charge >= 0.3 is 0 Å². The maximum Gasteiger partial charge on any atom is 0.167 e. The highest BCUT2D eigenvalue weighted by Crippen LogP contribution is 2.20. The van der Waals surface area contributed by atoms with Gasteiger partial charge in [0.05, 0.1) is 0 Å². The number of rotatable bonds is 3. The Morgan fingerprint density at radius 3 is 2.73 bits per heavy atom. The van der Waals surface area contributed by atoms with E-state index in [4.69, 9.17) is 0 Å². The Morgan fingerprint density at radius 1 is 1.40 bits per heavy atom. The Balaban J connectivity index is 2.04. The highest BCUT2D eigenvalue weighted by molar-refractivity contribution is 5.98. The van der Waals surface area contributed by atoms with Crippen LogP contribution in [0.25, 0.3) is 0 Å². The molecule has 0 amide bonds. The monoisotopic (exact) mass is 203 g/mol. The van der Waals surface area contributed by atoms with Crippen molar-refractivity contribution in [3.05, 3.63) is 35.9 Å². The molecule has 2 rings (SSSR count). The van der Waals surface area contributed by atoms with Gasteiger partial charge in [0.25, 0.3) is 0 Å². The van der Waals surface area contributed by atoms with Crippen molar-refractivity contribution in [2.45, 2.75) is 13.3 Å². The minimum atomic E-state index is 0.215. The second-order valence-corrected chi connectivity index (χ2v) is 4.11. The Hall–Kier alpha value is -1.15. The van der Waals surface area contributed by atoms with E-state index in [2.05, 4.69) is 11.8 Å². The largest absolute Gasteiger partial charge is 0.303 e. The van der Waals surface area contributed by atoms with E-state index < -0.39 is 0 Å². The minimum absolute atomic E-state index is 0.215. The van der Waals surface area contributed by atoms with Crippen molar-refractivity contribution in [3.63, 3.8) is 0 Å². The highest BCUT2D eigenvalue weighted by atomic mass is 16.1. The van der Waals surface area contributed by atoms with E-state index in [0.717, 1.165) is 31.6 Å². The number of nitrogens with zero attached hydrogens (tertiary/aromatic N) is 1. The number of carbonyl (C=O) groups is 1. The lowest BCUT2D eigenvalue weighted by molar-refractivity contribution is 0.0923. The molecule has 1 aliphatic rings. The third-order valence-corrected chi connectivity index (χ3v) is 3.15. The second kappa shape index (κ2) is 4.58. The lowest BCUT2D eigenvalue weighted by Gasteiger charge is -2.12. The molecule has 1 atom stereocenters. The van der Waals surface area contributed by atoms with Crippen LogP contribution in [0.2, 0.25) is 0 Å². The molecule has 1 aliphatic heterocycles. The fourth-order valence-electron chi connectivity index (χ4n) is 2.17. The molecule has 1 saturated heterocycles. The maximum atomic E-state index is 12.1. The van der Waals surface area contributed by atoms with E-state index in [1.165, 1.54) is 0 Å². The van der Waals surface area contributed by atoms with Crippen LogP contribution >= 0.6 is 0 Å². The summed E-state index contributed by atoms with van der Waals surface area (Å²) < 4.78 is 0. The third-order valence-electron chi connectivity index (χ3n) is 3.15. The van der Waals surface area contributed by atoms with Crippen LogP contribution in [0.5, 0.6) is 0 Å². The molecular formula is C13H17NO. The molecule has 1 aromatic carbocycles. The normalized spacial score (nSPS) is 21.8. The number of Topliss-reactive ketones (excluding diaryl/α,β-unsaturated/α-hetero) is 1. The molecule has 0 N–H and O–H groups in total. The van der Waals surface area contributed by atoms with Crippen LogP contribution in [0.15, 0.2) is 30.3 Å². The van der Waals surface area contributed by atoms with E-state index in [1.807, 2.05) is 30.3 Å². The first-order chi connectivity index (χ1) is 7.31. The minimum Gasteiger partial charge on any atom is -0.303 e. The van der Waals surface area contributed by atoms with Crippen LogP contribution in [0.3, 0.4) is 0 Å². The summed E-state index contributed by atoms with van der Waals surface area (Å²) in [6.45, 7) is 5.21. The van der Waals surface area contributed by atoms with Crippen molar-refractivity contribution < 1.29 is 4.79 Å². The zero-order valence-electron chi connectivity index (χ0n) is 9.15. The molecule has 0 spiro atoms. The van der Waals surface area contributed by atoms with Gasteiger partial charge in [-0.15, -0.1) is 0 Å². The van der Waals surface area contributed by atoms with Crippen LogP contribution in [-0.4, -0.2) is 30.3 Å². The molecule has 1 fully saturated rings. The van der Waals surface area contributed by atoms with Gasteiger partial charge in [-0.05, 0) is 19.5 Å². The van der Waals surface area contributed by atoms with Gasteiger partial charge < -0.3 is 4.90 Å². The summed E-state index contributed by atoms with van der Waals surface area (Å²) in [7, 11) is 0. The summed E-state index contributed by atoms with van der Waals surface area (Å²) in [6, 6.07) is 9.64. The number of ketones is 1. The van der Waals surface area contributed by atoms with Crippen molar-refractivity contribution in [3.8, 4) is 0 Å². The number of hydrogen-bond acceptors (Lipinski definition) is 2. The molecule has 80 valence electrons. The SMILES string of the molecule is CCN1CC[C@@H](C(=O)c2ccccc2)C1. The first kappa shape index (κ1) is 10.4. The number of carbonyl (C=O) groups excluding carboxylic acids is 1. The molecule has 15 heavy (non-hydrogen) atoms. The van der Waals surface area contributed by atoms with Gasteiger partial charge in [0.1, 0.15) is 0 Å². The average molecular weight is 203 g/mol. The van der Waals surface area contributed by atoms with Gasteiger partial charge in [-0.1, -0.05) is 37.3 Å². The third kappa shape index (κ3) is 2.26. The van der Waals surface area contributed by atoms with E-state index >= 15 is 0 Å². The number of benzene rings is 1. The Labute approximate surface area is 90.9 Å². The lowest BCUT2D eigenvalue weighted by Crippen LogP contribution is -2.22. The molecule has 2 heteroatoms. The molecular weight excluding hydrogens is 186 g/mol. The van der Waals surface area contributed by atoms with Gasteiger partial charge in [-0.2, -0.15) is 0 Å². The molecule has 0 saturated carbocycles. The van der Waals surface area contributed by atoms with Crippen LogP contribution in [0, 0.1) is 5.92 Å². The summed E-state index contributed by atoms with van der Waals surface area (Å²) in [6.07, 6.45) is 1.02. The van der Waals surface area contributed by atoms with Gasteiger partial charge in [-0.3, -0.25) is 4.79 Å². The average Bonchev–Trinajstić information content (AvgIpc) is 2.78. The van der Waals surface area contributed by atoms with Crippen LogP contribution in [0.4, 0.5) is 0 Å². The van der Waals surface area contributed by atoms with Gasteiger partial charge in [0.15, 0.2) is 5.78 Å². The standard InChI is InChI=1S/C13H17NO/c1-2-14-9-8-12(10-14)13(15)11-6-4-3-5-7-11/h3-7,12H,2,8-10H2,1H3/t12-/m1/s1. The van der Waals surface area contributed by atoms with Crippen molar-refractivity contribution in [2.75, 3.05) is 19.6 Å². The molecule has 0 bridgehead atoms. The molecule has 0 radical (unpaired) electrons. The molecule has 0 aliphatic carbocycles. The smallest absolute Gasteiger partial charge is 0.167 e. The van der Waals surface area contributed by atoms with Crippen molar-refractivity contribution in [1.82, 2.24) is 4.90 Å². The van der Waals surface area contributed by atoms with Crippen LogP contribution in [-0.2, 0) is 0 Å². The molecule has 1 heterocycles. The predicted molar refractivity (Wildman–Crippen MR) is 61.0 cm³/mol. The summed E-state index contributed by atoms with van der Waals surface area (Å²) in [5, 5.41) is 0. The molecule has 0 aromatic heterocycles. The summed E-state index contributed by atoms with van der Waals surface area (Å²) >= 11 is 0. The fourth-order valence-corrected chi connectivity index (χ4v) is 2.17. The predicted octanol–water partition coefficient (Wildman–Crippen LogP) is 2.21. The van der Waals surface area contributed by atoms with E-state index in [-0.39, 0.29) is 5.92 Å². The zero-order valence-corrected chi connectivity index (χ0v) is 9.15. The Bertz CT molecular complexity index is 334. The van der Waals surface area contributed by atoms with Crippen molar-refractivity contribution in [2.24, 2.45) is 5.92 Å². The lowest BCUT2D eigenvalue weighted by atomic mass is 9.97. The number of hydrogen-bond donors (Lipinski definition) is 0. The summed E-state index contributed by atoms with van der Waals surface area (Å²) in [5.41, 5.74) is 0.862. The zero-order chi connectivity index (χ0) is 10.7. The fraction of sp³-hybridized carbons (Fsp3) is 0.462. The van der Waals surface area contributed by atoms with Crippen LogP contribution in [0.1, 0.15) is 23.7 Å². The van der Waals surface area contributed by atoms with E-state index in [1.54, 1.807) is 0 Å². The van der Waals surface area contributed by atoms with Gasteiger partial charge in [0.2, 0.25) is 0 Å². The Morgan fingerprint density at radius 2 is 2.13 bits per heavy atom. The first-order valence-electron chi connectivity index (χ1n) is 5.63. The summed E-state index contributed by atoms with van der Waals surface area (Å²) in [5.74, 6) is 0.527. The maximum absolute atomic E-state index is 12.1. The molecule has 1 aromatic rings. The van der Waals surface area contributed by atoms with Crippen LogP contribution < -0.4 is 0 Å². The van der Waals surface area contributed by atoms with Gasteiger partial charge in [0, 0.05) is 18.0 Å². The number of likely N-dealkylation sites (tertiary alicyclic amines) is 1. The Kier molecular flexibility index (Phi) is 3.17. The molecule has 0 unspecified atom stereocenters. The van der Waals surface area contributed by atoms with E-state index in [0.29, 0.717) is 5.78 Å². The van der Waals surface area contributed by atoms with Crippen molar-refractivity contribution >= 4 is 5.78 Å². The topological polar surface area (TPSA) is 20.3 Å². The molecule has 2 nitrogen and oxygen atoms in total. The van der Waals surface area contributed by atoms with E-state index in [9.17, 15) is 4.79 Å². The van der Waals surface area contributed by atoms with Crippen molar-refractivity contribution in [1.29, 1.82) is 0 Å². The first-order valence-corrected chi connectivity index (χ1v) is 5.63. The van der Waals surface area contributed by atoms with Gasteiger partial charge in [-0.25, -0.2) is 0 Å². The second-order valence-electron chi connectivity index (χ2n) is 4.11. The quantitative estimate of drug-likeness (QED) is 0.702. The highest BCUT2D eigenvalue weighted by Gasteiger charge is 2.27. The summed E-state index contributed by atoms with van der Waals surface area (Å²) in [4.78, 5) is 14.4.